The fourth-order valence-corrected chi connectivity index (χ4v) is 3.06. The Hall–Kier alpha value is -1.73. The van der Waals surface area contributed by atoms with Gasteiger partial charge in [-0.3, -0.25) is 4.72 Å². The third kappa shape index (κ3) is 3.68. The molecule has 0 radical (unpaired) electrons. The van der Waals surface area contributed by atoms with Crippen molar-refractivity contribution in [3.63, 3.8) is 0 Å². The van der Waals surface area contributed by atoms with E-state index in [0.29, 0.717) is 5.69 Å². The summed E-state index contributed by atoms with van der Waals surface area (Å²) in [6.45, 7) is 5.91. The lowest BCUT2D eigenvalue weighted by atomic mass is 9.92. The van der Waals surface area contributed by atoms with Gasteiger partial charge < -0.3 is 0 Å². The molecule has 8 heteroatoms. The zero-order valence-corrected chi connectivity index (χ0v) is 13.4. The van der Waals surface area contributed by atoms with Crippen LogP contribution in [-0.4, -0.2) is 23.4 Å². The molecular formula is C13H15ClN4O2S. The van der Waals surface area contributed by atoms with Crippen LogP contribution in [0, 0.1) is 0 Å². The molecule has 0 atom stereocenters. The summed E-state index contributed by atoms with van der Waals surface area (Å²) in [4.78, 5) is 11.6. The van der Waals surface area contributed by atoms with Gasteiger partial charge in [-0.15, -0.1) is 0 Å². The predicted molar refractivity (Wildman–Crippen MR) is 80.8 cm³/mol. The van der Waals surface area contributed by atoms with E-state index in [2.05, 4.69) is 19.7 Å². The van der Waals surface area contributed by atoms with Crippen LogP contribution in [0.3, 0.4) is 0 Å². The Morgan fingerprint density at radius 1 is 1.19 bits per heavy atom. The molecule has 0 unspecified atom stereocenters. The Balaban J connectivity index is 2.37. The van der Waals surface area contributed by atoms with Crippen molar-refractivity contribution in [2.24, 2.45) is 0 Å². The number of sulfonamides is 1. The SMILES string of the molecule is CC(C)(C)c1ccc(S(=O)(=O)Nc2ccncn2)c(Cl)n1. The second-order valence-electron chi connectivity index (χ2n) is 5.44. The normalized spacial score (nSPS) is 12.2. The van der Waals surface area contributed by atoms with Crippen LogP contribution in [0.25, 0.3) is 0 Å². The van der Waals surface area contributed by atoms with Crippen LogP contribution in [0.1, 0.15) is 26.5 Å². The summed E-state index contributed by atoms with van der Waals surface area (Å²) in [6, 6.07) is 4.54. The van der Waals surface area contributed by atoms with E-state index >= 15 is 0 Å². The summed E-state index contributed by atoms with van der Waals surface area (Å²) in [6.07, 6.45) is 2.69. The molecule has 0 amide bonds. The number of nitrogens with zero attached hydrogens (tertiary/aromatic N) is 3. The van der Waals surface area contributed by atoms with Crippen molar-refractivity contribution in [1.82, 2.24) is 15.0 Å². The molecule has 0 spiro atoms. The highest BCUT2D eigenvalue weighted by atomic mass is 35.5. The molecule has 0 fully saturated rings. The molecule has 1 N–H and O–H groups in total. The van der Waals surface area contributed by atoms with Crippen LogP contribution in [0.2, 0.25) is 5.15 Å². The van der Waals surface area contributed by atoms with Gasteiger partial charge in [-0.2, -0.15) is 0 Å². The molecule has 0 bridgehead atoms. The second kappa shape index (κ2) is 5.57. The van der Waals surface area contributed by atoms with Gasteiger partial charge in [0.25, 0.3) is 10.0 Å². The van der Waals surface area contributed by atoms with Crippen molar-refractivity contribution >= 4 is 27.4 Å². The van der Waals surface area contributed by atoms with Crippen molar-refractivity contribution in [2.75, 3.05) is 4.72 Å². The van der Waals surface area contributed by atoms with Gasteiger partial charge in [-0.05, 0) is 18.2 Å². The highest BCUT2D eigenvalue weighted by molar-refractivity contribution is 7.92. The monoisotopic (exact) mass is 326 g/mol. The Morgan fingerprint density at radius 2 is 1.90 bits per heavy atom. The largest absolute Gasteiger partial charge is 0.266 e. The van der Waals surface area contributed by atoms with Crippen LogP contribution in [0.4, 0.5) is 5.82 Å². The molecule has 6 nitrogen and oxygen atoms in total. The molecule has 0 aromatic carbocycles. The fraction of sp³-hybridized carbons (Fsp3) is 0.308. The van der Waals surface area contributed by atoms with E-state index in [0.717, 1.165) is 0 Å². The summed E-state index contributed by atoms with van der Waals surface area (Å²) in [7, 11) is -3.84. The third-order valence-electron chi connectivity index (χ3n) is 2.69. The van der Waals surface area contributed by atoms with E-state index in [4.69, 9.17) is 11.6 Å². The highest BCUT2D eigenvalue weighted by Crippen LogP contribution is 2.26. The van der Waals surface area contributed by atoms with Gasteiger partial charge in [0, 0.05) is 17.3 Å². The van der Waals surface area contributed by atoms with Crippen LogP contribution < -0.4 is 4.72 Å². The highest BCUT2D eigenvalue weighted by Gasteiger charge is 2.23. The average molecular weight is 327 g/mol. The third-order valence-corrected chi connectivity index (χ3v) is 4.48. The molecule has 0 saturated heterocycles. The van der Waals surface area contributed by atoms with Crippen molar-refractivity contribution in [1.29, 1.82) is 0 Å². The van der Waals surface area contributed by atoms with Gasteiger partial charge >= 0.3 is 0 Å². The average Bonchev–Trinajstić information content (AvgIpc) is 2.37. The van der Waals surface area contributed by atoms with Crippen molar-refractivity contribution in [3.05, 3.63) is 41.6 Å². The van der Waals surface area contributed by atoms with Crippen molar-refractivity contribution < 1.29 is 8.42 Å². The summed E-state index contributed by atoms with van der Waals surface area (Å²) in [5, 5.41) is -0.0658. The van der Waals surface area contributed by atoms with Crippen LogP contribution >= 0.6 is 11.6 Å². The van der Waals surface area contributed by atoms with Gasteiger partial charge in [0.2, 0.25) is 0 Å². The minimum absolute atomic E-state index is 0.0658. The number of hydrogen-bond donors (Lipinski definition) is 1. The number of pyridine rings is 1. The molecule has 2 heterocycles. The Morgan fingerprint density at radius 3 is 2.43 bits per heavy atom. The van der Waals surface area contributed by atoms with E-state index in [1.165, 1.54) is 24.7 Å². The van der Waals surface area contributed by atoms with Gasteiger partial charge in [-0.1, -0.05) is 32.4 Å². The van der Waals surface area contributed by atoms with Crippen LogP contribution in [0.5, 0.6) is 0 Å². The maximum absolute atomic E-state index is 12.3. The standard InChI is InChI=1S/C13H15ClN4O2S/c1-13(2,3)10-5-4-9(12(14)17-10)21(19,20)18-11-6-7-15-8-16-11/h4-8H,1-3H3,(H,15,16,18). The van der Waals surface area contributed by atoms with E-state index in [1.807, 2.05) is 20.8 Å². The van der Waals surface area contributed by atoms with Crippen molar-refractivity contribution in [2.45, 2.75) is 31.1 Å². The number of anilines is 1. The van der Waals surface area contributed by atoms with E-state index < -0.39 is 10.0 Å². The Kier molecular flexibility index (Phi) is 4.15. The molecule has 2 aromatic rings. The zero-order chi connectivity index (χ0) is 15.7. The molecule has 2 aromatic heterocycles. The quantitative estimate of drug-likeness (QED) is 0.876. The van der Waals surface area contributed by atoms with Crippen LogP contribution in [0.15, 0.2) is 35.6 Å². The first kappa shape index (κ1) is 15.7. The molecule has 0 aliphatic carbocycles. The van der Waals surface area contributed by atoms with E-state index in [-0.39, 0.29) is 21.3 Å². The first-order valence-corrected chi connectivity index (χ1v) is 8.02. The van der Waals surface area contributed by atoms with Gasteiger partial charge in [-0.25, -0.2) is 23.4 Å². The zero-order valence-electron chi connectivity index (χ0n) is 11.8. The Bertz CT molecular complexity index is 743. The maximum atomic E-state index is 12.3. The molecule has 0 aliphatic rings. The van der Waals surface area contributed by atoms with E-state index in [9.17, 15) is 8.42 Å². The first-order chi connectivity index (χ1) is 9.70. The first-order valence-electron chi connectivity index (χ1n) is 6.16. The topological polar surface area (TPSA) is 84.8 Å². The number of halogens is 1. The van der Waals surface area contributed by atoms with Gasteiger partial charge in [0.05, 0.1) is 0 Å². The molecule has 2 rings (SSSR count). The molecule has 0 saturated carbocycles. The Labute approximate surface area is 128 Å². The lowest BCUT2D eigenvalue weighted by Crippen LogP contribution is -2.18. The summed E-state index contributed by atoms with van der Waals surface area (Å²) < 4.78 is 26.9. The number of hydrogen-bond acceptors (Lipinski definition) is 5. The summed E-state index contributed by atoms with van der Waals surface area (Å²) in [5.41, 5.74) is 0.500. The second-order valence-corrected chi connectivity index (χ2v) is 7.44. The van der Waals surface area contributed by atoms with E-state index in [1.54, 1.807) is 6.07 Å². The molecule has 21 heavy (non-hydrogen) atoms. The maximum Gasteiger partial charge on any atom is 0.266 e. The smallest absolute Gasteiger partial charge is 0.263 e. The van der Waals surface area contributed by atoms with Gasteiger partial charge in [0.1, 0.15) is 22.2 Å². The van der Waals surface area contributed by atoms with Gasteiger partial charge in [0.15, 0.2) is 0 Å². The number of rotatable bonds is 3. The molecule has 112 valence electrons. The van der Waals surface area contributed by atoms with Crippen molar-refractivity contribution in [3.8, 4) is 0 Å². The molecule has 0 aliphatic heterocycles. The van der Waals surface area contributed by atoms with Crippen LogP contribution in [-0.2, 0) is 15.4 Å². The minimum atomic E-state index is -3.84. The number of aromatic nitrogens is 3. The molecular weight excluding hydrogens is 312 g/mol. The predicted octanol–water partition coefficient (Wildman–Crippen LogP) is 2.62. The summed E-state index contributed by atoms with van der Waals surface area (Å²) in [5.74, 6) is 0.168. The number of nitrogens with one attached hydrogen (secondary N) is 1. The summed E-state index contributed by atoms with van der Waals surface area (Å²) >= 11 is 6.02. The minimum Gasteiger partial charge on any atom is -0.263 e. The fourth-order valence-electron chi connectivity index (χ4n) is 1.58. The lowest BCUT2D eigenvalue weighted by Gasteiger charge is -2.18. The lowest BCUT2D eigenvalue weighted by molar-refractivity contribution is 0.566.